The fraction of sp³-hybridized carbons (Fsp3) is 0.938. The van der Waals surface area contributed by atoms with Gasteiger partial charge < -0.3 is 15.8 Å². The topological polar surface area (TPSA) is 64.3 Å². The molecular formula is C16H30N2O2. The molecule has 2 aliphatic carbocycles. The molecule has 0 bridgehead atoms. The molecule has 4 nitrogen and oxygen atoms in total. The Morgan fingerprint density at radius 1 is 1.25 bits per heavy atom. The van der Waals surface area contributed by atoms with Crippen LogP contribution in [0, 0.1) is 5.92 Å². The summed E-state index contributed by atoms with van der Waals surface area (Å²) in [5, 5.41) is 3.39. The summed E-state index contributed by atoms with van der Waals surface area (Å²) in [6.07, 6.45) is 10.6. The molecule has 0 aromatic rings. The molecule has 0 saturated heterocycles. The minimum absolute atomic E-state index is 0.226. The van der Waals surface area contributed by atoms with Gasteiger partial charge in [-0.25, -0.2) is 0 Å². The van der Waals surface area contributed by atoms with E-state index in [0.29, 0.717) is 6.04 Å². The minimum atomic E-state index is -0.535. The van der Waals surface area contributed by atoms with Crippen molar-refractivity contribution in [1.29, 1.82) is 0 Å². The lowest BCUT2D eigenvalue weighted by Crippen LogP contribution is -2.53. The monoisotopic (exact) mass is 282 g/mol. The molecule has 0 aromatic heterocycles. The Kier molecular flexibility index (Phi) is 5.85. The molecule has 0 spiro atoms. The lowest BCUT2D eigenvalue weighted by Gasteiger charge is -2.27. The molecule has 1 atom stereocenters. The van der Waals surface area contributed by atoms with Crippen LogP contribution in [0.1, 0.15) is 64.7 Å². The standard InChI is InChI=1S/C16H30N2O2/c1-16(15(17)19,18-14-8-9-14)10-4-5-11-20-12-13-6-2-3-7-13/h13-14,18H,2-12H2,1H3,(H2,17,19). The number of primary amides is 1. The van der Waals surface area contributed by atoms with E-state index in [9.17, 15) is 4.79 Å². The van der Waals surface area contributed by atoms with Gasteiger partial charge in [0, 0.05) is 19.3 Å². The third-order valence-electron chi connectivity index (χ3n) is 4.69. The SMILES string of the molecule is CC(CCCCOCC1CCCC1)(NC1CC1)C(N)=O. The van der Waals surface area contributed by atoms with E-state index in [4.69, 9.17) is 10.5 Å². The summed E-state index contributed by atoms with van der Waals surface area (Å²) >= 11 is 0. The maximum absolute atomic E-state index is 11.6. The molecule has 0 aromatic carbocycles. The average molecular weight is 282 g/mol. The van der Waals surface area contributed by atoms with Gasteiger partial charge in [-0.15, -0.1) is 0 Å². The van der Waals surface area contributed by atoms with Crippen molar-refractivity contribution in [2.45, 2.75) is 76.3 Å². The van der Waals surface area contributed by atoms with Gasteiger partial charge >= 0.3 is 0 Å². The Morgan fingerprint density at radius 2 is 1.95 bits per heavy atom. The minimum Gasteiger partial charge on any atom is -0.381 e. The van der Waals surface area contributed by atoms with Crippen LogP contribution >= 0.6 is 0 Å². The first-order chi connectivity index (χ1) is 9.60. The van der Waals surface area contributed by atoms with Crippen LogP contribution in [0.2, 0.25) is 0 Å². The van der Waals surface area contributed by atoms with Crippen LogP contribution in [0.5, 0.6) is 0 Å². The largest absolute Gasteiger partial charge is 0.381 e. The van der Waals surface area contributed by atoms with Crippen molar-refractivity contribution in [3.8, 4) is 0 Å². The number of rotatable bonds is 10. The first-order valence-corrected chi connectivity index (χ1v) is 8.25. The Hall–Kier alpha value is -0.610. The van der Waals surface area contributed by atoms with E-state index >= 15 is 0 Å². The van der Waals surface area contributed by atoms with Gasteiger partial charge in [-0.2, -0.15) is 0 Å². The van der Waals surface area contributed by atoms with Crippen LogP contribution in [0.25, 0.3) is 0 Å². The number of nitrogens with two attached hydrogens (primary N) is 1. The van der Waals surface area contributed by atoms with E-state index in [2.05, 4.69) is 5.32 Å². The third kappa shape index (κ3) is 5.06. The molecule has 0 radical (unpaired) electrons. The molecule has 0 aliphatic heterocycles. The zero-order valence-electron chi connectivity index (χ0n) is 12.8. The van der Waals surface area contributed by atoms with Gasteiger partial charge in [-0.1, -0.05) is 12.8 Å². The van der Waals surface area contributed by atoms with E-state index in [0.717, 1.165) is 38.4 Å². The van der Waals surface area contributed by atoms with E-state index in [-0.39, 0.29) is 5.91 Å². The van der Waals surface area contributed by atoms with Gasteiger partial charge in [-0.3, -0.25) is 4.79 Å². The predicted molar refractivity (Wildman–Crippen MR) is 80.4 cm³/mol. The number of carbonyl (C=O) groups is 1. The van der Waals surface area contributed by atoms with E-state index in [1.165, 1.54) is 38.5 Å². The Balaban J connectivity index is 1.54. The maximum atomic E-state index is 11.6. The molecule has 3 N–H and O–H groups in total. The number of carbonyl (C=O) groups excluding carboxylic acids is 1. The summed E-state index contributed by atoms with van der Waals surface area (Å²) in [4.78, 5) is 11.6. The van der Waals surface area contributed by atoms with Crippen LogP contribution in [0.15, 0.2) is 0 Å². The molecule has 116 valence electrons. The zero-order chi connectivity index (χ0) is 14.4. The molecule has 2 aliphatic rings. The summed E-state index contributed by atoms with van der Waals surface area (Å²) in [5.74, 6) is 0.568. The molecule has 2 fully saturated rings. The summed E-state index contributed by atoms with van der Waals surface area (Å²) in [5.41, 5.74) is 5.00. The predicted octanol–water partition coefficient (Wildman–Crippen LogP) is 2.36. The summed E-state index contributed by atoms with van der Waals surface area (Å²) in [6, 6.07) is 0.506. The third-order valence-corrected chi connectivity index (χ3v) is 4.69. The smallest absolute Gasteiger partial charge is 0.237 e. The van der Waals surface area contributed by atoms with Crippen molar-refractivity contribution in [1.82, 2.24) is 5.32 Å². The molecule has 2 rings (SSSR count). The van der Waals surface area contributed by atoms with Crippen molar-refractivity contribution in [2.24, 2.45) is 11.7 Å². The Morgan fingerprint density at radius 3 is 2.55 bits per heavy atom. The number of unbranched alkanes of at least 4 members (excludes halogenated alkanes) is 1. The second-order valence-electron chi connectivity index (χ2n) is 6.80. The van der Waals surface area contributed by atoms with E-state index in [1.54, 1.807) is 0 Å². The Labute approximate surface area is 122 Å². The average Bonchev–Trinajstić information content (AvgIpc) is 3.05. The fourth-order valence-corrected chi connectivity index (χ4v) is 3.05. The lowest BCUT2D eigenvalue weighted by molar-refractivity contribution is -0.124. The molecule has 1 amide bonds. The second kappa shape index (κ2) is 7.41. The highest BCUT2D eigenvalue weighted by Crippen LogP contribution is 2.26. The molecule has 20 heavy (non-hydrogen) atoms. The quantitative estimate of drug-likeness (QED) is 0.605. The first-order valence-electron chi connectivity index (χ1n) is 8.25. The number of hydrogen-bond donors (Lipinski definition) is 2. The van der Waals surface area contributed by atoms with Gasteiger partial charge in [0.25, 0.3) is 0 Å². The number of nitrogens with one attached hydrogen (secondary N) is 1. The molecule has 1 unspecified atom stereocenters. The summed E-state index contributed by atoms with van der Waals surface area (Å²) in [6.45, 7) is 3.68. The van der Waals surface area contributed by atoms with Crippen molar-refractivity contribution in [2.75, 3.05) is 13.2 Å². The van der Waals surface area contributed by atoms with Crippen LogP contribution in [-0.2, 0) is 9.53 Å². The van der Waals surface area contributed by atoms with Crippen molar-refractivity contribution in [3.63, 3.8) is 0 Å². The van der Waals surface area contributed by atoms with Crippen LogP contribution in [0.4, 0.5) is 0 Å². The number of amides is 1. The summed E-state index contributed by atoms with van der Waals surface area (Å²) < 4.78 is 5.75. The zero-order valence-corrected chi connectivity index (χ0v) is 12.8. The maximum Gasteiger partial charge on any atom is 0.237 e. The van der Waals surface area contributed by atoms with E-state index in [1.807, 2.05) is 6.92 Å². The van der Waals surface area contributed by atoms with Crippen molar-refractivity contribution >= 4 is 5.91 Å². The molecule has 2 saturated carbocycles. The highest BCUT2D eigenvalue weighted by atomic mass is 16.5. The van der Waals surface area contributed by atoms with Crippen LogP contribution in [-0.4, -0.2) is 30.7 Å². The van der Waals surface area contributed by atoms with Gasteiger partial charge in [0.05, 0.1) is 5.54 Å². The fourth-order valence-electron chi connectivity index (χ4n) is 3.05. The van der Waals surface area contributed by atoms with Gasteiger partial charge in [0.15, 0.2) is 0 Å². The van der Waals surface area contributed by atoms with Crippen molar-refractivity contribution < 1.29 is 9.53 Å². The Bertz CT molecular complexity index is 312. The van der Waals surface area contributed by atoms with Gasteiger partial charge in [0.1, 0.15) is 0 Å². The first kappa shape index (κ1) is 15.8. The highest BCUT2D eigenvalue weighted by Gasteiger charge is 2.36. The van der Waals surface area contributed by atoms with Gasteiger partial charge in [-0.05, 0) is 57.8 Å². The normalized spacial score (nSPS) is 22.9. The molecule has 0 heterocycles. The summed E-state index contributed by atoms with van der Waals surface area (Å²) in [7, 11) is 0. The number of hydrogen-bond acceptors (Lipinski definition) is 3. The van der Waals surface area contributed by atoms with Crippen LogP contribution in [0.3, 0.4) is 0 Å². The van der Waals surface area contributed by atoms with Crippen molar-refractivity contribution in [3.05, 3.63) is 0 Å². The molecular weight excluding hydrogens is 252 g/mol. The molecule has 4 heteroatoms. The van der Waals surface area contributed by atoms with Crippen LogP contribution < -0.4 is 11.1 Å². The van der Waals surface area contributed by atoms with Gasteiger partial charge in [0.2, 0.25) is 5.91 Å². The van der Waals surface area contributed by atoms with E-state index < -0.39 is 5.54 Å². The number of ether oxygens (including phenoxy) is 1. The lowest BCUT2D eigenvalue weighted by atomic mass is 9.94. The highest BCUT2D eigenvalue weighted by molar-refractivity contribution is 5.84. The second-order valence-corrected chi connectivity index (χ2v) is 6.80.